The van der Waals surface area contributed by atoms with Gasteiger partial charge in [0.05, 0.1) is 6.54 Å². The molecular formula is C20H30BrN3O. The maximum Gasteiger partial charge on any atom is 0.238 e. The first-order chi connectivity index (χ1) is 12.2. The lowest BCUT2D eigenvalue weighted by Gasteiger charge is -2.28. The molecule has 5 heteroatoms. The number of hydrogen-bond acceptors (Lipinski definition) is 3. The number of carbonyl (C=O) groups excluding carboxylic acids is 1. The van der Waals surface area contributed by atoms with Crippen molar-refractivity contribution in [3.63, 3.8) is 0 Å². The number of carbonyl (C=O) groups is 1. The summed E-state index contributed by atoms with van der Waals surface area (Å²) >= 11 is 3.42. The van der Waals surface area contributed by atoms with E-state index in [1.807, 2.05) is 24.3 Å². The largest absolute Gasteiger partial charge is 0.325 e. The van der Waals surface area contributed by atoms with Crippen LogP contribution in [0.4, 0.5) is 5.69 Å². The molecular weight excluding hydrogens is 378 g/mol. The van der Waals surface area contributed by atoms with Gasteiger partial charge < -0.3 is 10.2 Å². The maximum absolute atomic E-state index is 12.3. The van der Waals surface area contributed by atoms with Gasteiger partial charge in [0.1, 0.15) is 0 Å². The summed E-state index contributed by atoms with van der Waals surface area (Å²) in [6.45, 7) is 6.06. The third kappa shape index (κ3) is 6.39. The first-order valence-corrected chi connectivity index (χ1v) is 10.5. The molecule has 3 rings (SSSR count). The van der Waals surface area contributed by atoms with E-state index in [2.05, 4.69) is 31.0 Å². The normalized spacial score (nSPS) is 21.0. The maximum atomic E-state index is 12.3. The van der Waals surface area contributed by atoms with E-state index in [0.717, 1.165) is 42.1 Å². The second-order valence-electron chi connectivity index (χ2n) is 7.49. The minimum Gasteiger partial charge on any atom is -0.325 e. The van der Waals surface area contributed by atoms with E-state index >= 15 is 0 Å². The van der Waals surface area contributed by atoms with Crippen LogP contribution < -0.4 is 5.32 Å². The Morgan fingerprint density at radius 3 is 2.40 bits per heavy atom. The molecule has 1 saturated carbocycles. The molecule has 0 unspecified atom stereocenters. The molecule has 0 atom stereocenters. The van der Waals surface area contributed by atoms with Crippen molar-refractivity contribution in [3.8, 4) is 0 Å². The molecule has 1 aliphatic heterocycles. The van der Waals surface area contributed by atoms with E-state index in [1.54, 1.807) is 0 Å². The Kier molecular flexibility index (Phi) is 7.32. The van der Waals surface area contributed by atoms with E-state index in [-0.39, 0.29) is 5.91 Å². The van der Waals surface area contributed by atoms with Crippen molar-refractivity contribution in [2.24, 2.45) is 5.92 Å². The van der Waals surface area contributed by atoms with Crippen LogP contribution >= 0.6 is 15.9 Å². The molecule has 1 saturated heterocycles. The van der Waals surface area contributed by atoms with Crippen LogP contribution in [0.5, 0.6) is 0 Å². The number of hydrogen-bond donors (Lipinski definition) is 1. The van der Waals surface area contributed by atoms with Crippen molar-refractivity contribution < 1.29 is 4.79 Å². The molecule has 1 aromatic carbocycles. The third-order valence-corrected chi connectivity index (χ3v) is 5.95. The number of nitrogens with zero attached hydrogens (tertiary/aromatic N) is 2. The molecule has 0 radical (unpaired) electrons. The minimum absolute atomic E-state index is 0.0862. The average Bonchev–Trinajstić information content (AvgIpc) is 2.83. The zero-order valence-corrected chi connectivity index (χ0v) is 16.6. The second-order valence-corrected chi connectivity index (χ2v) is 8.41. The van der Waals surface area contributed by atoms with Crippen molar-refractivity contribution in [2.75, 3.05) is 44.6 Å². The van der Waals surface area contributed by atoms with Crippen LogP contribution in [0.3, 0.4) is 0 Å². The number of benzene rings is 1. The SMILES string of the molecule is O=C(CN1CCCN(CC2CCCCC2)CC1)Nc1ccc(Br)cc1. The van der Waals surface area contributed by atoms with Crippen LogP contribution in [0.1, 0.15) is 38.5 Å². The van der Waals surface area contributed by atoms with Crippen LogP contribution in [0.2, 0.25) is 0 Å². The van der Waals surface area contributed by atoms with Crippen LogP contribution in [-0.2, 0) is 4.79 Å². The predicted octanol–water partition coefficient (Wildman–Crippen LogP) is 3.98. The lowest BCUT2D eigenvalue weighted by Crippen LogP contribution is -2.37. The Balaban J connectivity index is 1.41. The van der Waals surface area contributed by atoms with Crippen molar-refractivity contribution in [3.05, 3.63) is 28.7 Å². The summed E-state index contributed by atoms with van der Waals surface area (Å²) in [5, 5.41) is 3.00. The van der Waals surface area contributed by atoms with Gasteiger partial charge in [0.2, 0.25) is 5.91 Å². The Morgan fingerprint density at radius 2 is 1.64 bits per heavy atom. The summed E-state index contributed by atoms with van der Waals surface area (Å²) in [4.78, 5) is 17.2. The summed E-state index contributed by atoms with van der Waals surface area (Å²) in [6.07, 6.45) is 8.25. The molecule has 0 spiro atoms. The number of nitrogens with one attached hydrogen (secondary N) is 1. The zero-order chi connectivity index (χ0) is 17.5. The smallest absolute Gasteiger partial charge is 0.238 e. The van der Waals surface area contributed by atoms with Crippen molar-refractivity contribution in [1.82, 2.24) is 9.80 Å². The molecule has 0 bridgehead atoms. The van der Waals surface area contributed by atoms with Crippen molar-refractivity contribution in [1.29, 1.82) is 0 Å². The van der Waals surface area contributed by atoms with Gasteiger partial charge in [-0.05, 0) is 62.5 Å². The van der Waals surface area contributed by atoms with E-state index in [1.165, 1.54) is 45.2 Å². The van der Waals surface area contributed by atoms with E-state index in [4.69, 9.17) is 0 Å². The van der Waals surface area contributed by atoms with Crippen LogP contribution in [-0.4, -0.2) is 55.0 Å². The lowest BCUT2D eigenvalue weighted by atomic mass is 9.89. The summed E-state index contributed by atoms with van der Waals surface area (Å²) in [5.74, 6) is 0.990. The lowest BCUT2D eigenvalue weighted by molar-refractivity contribution is -0.117. The fourth-order valence-corrected chi connectivity index (χ4v) is 4.30. The first kappa shape index (κ1) is 18.9. The van der Waals surface area contributed by atoms with Crippen LogP contribution in [0.15, 0.2) is 28.7 Å². The van der Waals surface area contributed by atoms with Gasteiger partial charge in [-0.2, -0.15) is 0 Å². The molecule has 1 N–H and O–H groups in total. The van der Waals surface area contributed by atoms with Gasteiger partial charge in [-0.3, -0.25) is 9.69 Å². The van der Waals surface area contributed by atoms with Gasteiger partial charge in [-0.15, -0.1) is 0 Å². The summed E-state index contributed by atoms with van der Waals surface area (Å²) < 4.78 is 1.02. The van der Waals surface area contributed by atoms with Crippen LogP contribution in [0, 0.1) is 5.92 Å². The van der Waals surface area contributed by atoms with Gasteiger partial charge in [0.15, 0.2) is 0 Å². The third-order valence-electron chi connectivity index (χ3n) is 5.42. The minimum atomic E-state index is 0.0862. The second kappa shape index (κ2) is 9.70. The quantitative estimate of drug-likeness (QED) is 0.801. The summed E-state index contributed by atoms with van der Waals surface area (Å²) in [5.41, 5.74) is 0.863. The van der Waals surface area contributed by atoms with E-state index < -0.39 is 0 Å². The van der Waals surface area contributed by atoms with Crippen molar-refractivity contribution >= 4 is 27.5 Å². The zero-order valence-electron chi connectivity index (χ0n) is 15.1. The van der Waals surface area contributed by atoms with Crippen molar-refractivity contribution in [2.45, 2.75) is 38.5 Å². The highest BCUT2D eigenvalue weighted by Crippen LogP contribution is 2.24. The molecule has 1 aliphatic carbocycles. The van der Waals surface area contributed by atoms with Gasteiger partial charge in [-0.1, -0.05) is 35.2 Å². The van der Waals surface area contributed by atoms with Crippen LogP contribution in [0.25, 0.3) is 0 Å². The van der Waals surface area contributed by atoms with E-state index in [0.29, 0.717) is 6.54 Å². The van der Waals surface area contributed by atoms with Gasteiger partial charge in [0.25, 0.3) is 0 Å². The molecule has 1 amide bonds. The summed E-state index contributed by atoms with van der Waals surface area (Å²) in [6, 6.07) is 7.75. The predicted molar refractivity (Wildman–Crippen MR) is 107 cm³/mol. The van der Waals surface area contributed by atoms with Gasteiger partial charge >= 0.3 is 0 Å². The Labute approximate surface area is 160 Å². The highest BCUT2D eigenvalue weighted by atomic mass is 79.9. The molecule has 138 valence electrons. The van der Waals surface area contributed by atoms with Gasteiger partial charge in [-0.25, -0.2) is 0 Å². The molecule has 4 nitrogen and oxygen atoms in total. The van der Waals surface area contributed by atoms with Gasteiger partial charge in [0, 0.05) is 29.8 Å². The number of rotatable bonds is 5. The number of anilines is 1. The standard InChI is InChI=1S/C20H30BrN3O/c21-18-7-9-19(10-8-18)22-20(25)16-24-12-4-11-23(13-14-24)15-17-5-2-1-3-6-17/h7-10,17H,1-6,11-16H2,(H,22,25). The Morgan fingerprint density at radius 1 is 0.960 bits per heavy atom. The molecule has 2 fully saturated rings. The number of amides is 1. The highest BCUT2D eigenvalue weighted by molar-refractivity contribution is 9.10. The topological polar surface area (TPSA) is 35.6 Å². The average molecular weight is 408 g/mol. The Bertz CT molecular complexity index is 542. The summed E-state index contributed by atoms with van der Waals surface area (Å²) in [7, 11) is 0. The highest BCUT2D eigenvalue weighted by Gasteiger charge is 2.21. The Hall–Kier alpha value is -0.910. The molecule has 1 heterocycles. The number of halogens is 1. The molecule has 2 aliphatic rings. The fourth-order valence-electron chi connectivity index (χ4n) is 4.04. The monoisotopic (exact) mass is 407 g/mol. The molecule has 1 aromatic rings. The fraction of sp³-hybridized carbons (Fsp3) is 0.650. The first-order valence-electron chi connectivity index (χ1n) is 9.69. The van der Waals surface area contributed by atoms with E-state index in [9.17, 15) is 4.79 Å². The molecule has 25 heavy (non-hydrogen) atoms. The molecule has 0 aromatic heterocycles.